The first-order chi connectivity index (χ1) is 13.0. The van der Waals surface area contributed by atoms with E-state index in [0.29, 0.717) is 35.1 Å². The van der Waals surface area contributed by atoms with Crippen molar-refractivity contribution >= 4 is 28.0 Å². The molecule has 1 aliphatic carbocycles. The van der Waals surface area contributed by atoms with Crippen molar-refractivity contribution in [2.45, 2.75) is 26.7 Å². The molecule has 0 saturated heterocycles. The van der Waals surface area contributed by atoms with Gasteiger partial charge >= 0.3 is 0 Å². The van der Waals surface area contributed by atoms with Gasteiger partial charge in [-0.15, -0.1) is 0 Å². The molecule has 2 aromatic carbocycles. The van der Waals surface area contributed by atoms with Crippen LogP contribution in [-0.4, -0.2) is 22.5 Å². The molecule has 1 heterocycles. The Hall–Kier alpha value is -3.14. The zero-order valence-electron chi connectivity index (χ0n) is 15.6. The molecule has 3 aromatic rings. The number of rotatable bonds is 4. The highest BCUT2D eigenvalue weighted by molar-refractivity contribution is 6.38. The lowest BCUT2D eigenvalue weighted by molar-refractivity contribution is 0.105. The molecule has 0 unspecified atom stereocenters. The van der Waals surface area contributed by atoms with Gasteiger partial charge in [0.2, 0.25) is 0 Å². The van der Waals surface area contributed by atoms with Gasteiger partial charge in [-0.1, -0.05) is 26.0 Å². The molecule has 0 bridgehead atoms. The van der Waals surface area contributed by atoms with E-state index in [9.17, 15) is 9.90 Å². The number of aromatic nitrogens is 1. The third-order valence-corrected chi connectivity index (χ3v) is 4.90. The van der Waals surface area contributed by atoms with Crippen LogP contribution in [0.15, 0.2) is 48.5 Å². The summed E-state index contributed by atoms with van der Waals surface area (Å²) in [5.74, 6) is 0.814. The highest BCUT2D eigenvalue weighted by Crippen LogP contribution is 2.38. The number of hydrogen-bond acceptors (Lipinski definition) is 4. The van der Waals surface area contributed by atoms with Crippen LogP contribution in [0.1, 0.15) is 53.9 Å². The zero-order valence-corrected chi connectivity index (χ0v) is 15.6. The minimum Gasteiger partial charge on any atom is -0.506 e. The van der Waals surface area contributed by atoms with E-state index in [1.807, 2.05) is 19.1 Å². The topological polar surface area (TPSA) is 59.4 Å². The number of pyridine rings is 1. The lowest BCUT2D eigenvalue weighted by atomic mass is 10.00. The molecular weight excluding hydrogens is 338 g/mol. The molecule has 0 aliphatic heterocycles. The number of ether oxygens (including phenoxy) is 1. The molecular formula is C23H21NO3. The van der Waals surface area contributed by atoms with Gasteiger partial charge in [-0.05, 0) is 54.8 Å². The maximum Gasteiger partial charge on any atom is 0.199 e. The van der Waals surface area contributed by atoms with Gasteiger partial charge < -0.3 is 9.84 Å². The van der Waals surface area contributed by atoms with Crippen LogP contribution in [-0.2, 0) is 0 Å². The van der Waals surface area contributed by atoms with Gasteiger partial charge in [0, 0.05) is 16.5 Å². The molecule has 4 heteroatoms. The molecule has 136 valence electrons. The Balaban J connectivity index is 1.80. The van der Waals surface area contributed by atoms with Crippen molar-refractivity contribution in [3.05, 3.63) is 70.9 Å². The Morgan fingerprint density at radius 2 is 1.85 bits per heavy atom. The van der Waals surface area contributed by atoms with Gasteiger partial charge in [0.1, 0.15) is 11.5 Å². The van der Waals surface area contributed by atoms with Crippen molar-refractivity contribution < 1.29 is 14.6 Å². The predicted molar refractivity (Wildman–Crippen MR) is 107 cm³/mol. The van der Waals surface area contributed by atoms with Crippen LogP contribution >= 0.6 is 0 Å². The van der Waals surface area contributed by atoms with Crippen LogP contribution in [0, 0.1) is 0 Å². The minimum atomic E-state index is -0.212. The van der Waals surface area contributed by atoms with Crippen LogP contribution in [0.3, 0.4) is 0 Å². The first-order valence-corrected chi connectivity index (χ1v) is 9.15. The van der Waals surface area contributed by atoms with E-state index in [-0.39, 0.29) is 17.1 Å². The fraction of sp³-hybridized carbons (Fsp3) is 0.217. The summed E-state index contributed by atoms with van der Waals surface area (Å²) in [6.07, 6.45) is 0. The number of hydrogen-bond donors (Lipinski definition) is 1. The quantitative estimate of drug-likeness (QED) is 0.679. The summed E-state index contributed by atoms with van der Waals surface area (Å²) in [6, 6.07) is 15.0. The minimum absolute atomic E-state index is 0.0396. The number of Topliss-reactive ketones (excluding diaryl/α,β-unsaturated/α-hetero) is 1. The van der Waals surface area contributed by atoms with Crippen molar-refractivity contribution in [1.29, 1.82) is 0 Å². The van der Waals surface area contributed by atoms with E-state index < -0.39 is 0 Å². The summed E-state index contributed by atoms with van der Waals surface area (Å²) in [7, 11) is 0. The van der Waals surface area contributed by atoms with E-state index >= 15 is 0 Å². The fourth-order valence-electron chi connectivity index (χ4n) is 3.43. The van der Waals surface area contributed by atoms with E-state index in [0.717, 1.165) is 10.9 Å². The summed E-state index contributed by atoms with van der Waals surface area (Å²) in [6.45, 7) is 6.71. The first-order valence-electron chi connectivity index (χ1n) is 9.15. The van der Waals surface area contributed by atoms with E-state index in [1.54, 1.807) is 24.3 Å². The summed E-state index contributed by atoms with van der Waals surface area (Å²) in [4.78, 5) is 17.5. The fourth-order valence-corrected chi connectivity index (χ4v) is 3.43. The van der Waals surface area contributed by atoms with Crippen molar-refractivity contribution in [1.82, 2.24) is 4.98 Å². The molecule has 0 radical (unpaired) electrons. The number of aliphatic hydroxyl groups is 1. The van der Waals surface area contributed by atoms with Crippen LogP contribution in [0.4, 0.5) is 0 Å². The number of ketones is 1. The summed E-state index contributed by atoms with van der Waals surface area (Å²) in [5, 5.41) is 11.7. The number of nitrogens with zero attached hydrogens (tertiary/aromatic N) is 1. The average Bonchev–Trinajstić information content (AvgIpc) is 2.91. The molecule has 1 aromatic heterocycles. The van der Waals surface area contributed by atoms with Crippen molar-refractivity contribution in [2.24, 2.45) is 0 Å². The number of carbonyl (C=O) groups is 1. The van der Waals surface area contributed by atoms with Crippen LogP contribution in [0.5, 0.6) is 5.75 Å². The molecule has 27 heavy (non-hydrogen) atoms. The zero-order chi connectivity index (χ0) is 19.1. The van der Waals surface area contributed by atoms with E-state index in [1.165, 1.54) is 5.56 Å². The van der Waals surface area contributed by atoms with E-state index in [2.05, 4.69) is 31.0 Å². The van der Waals surface area contributed by atoms with Gasteiger partial charge in [0.25, 0.3) is 0 Å². The maximum absolute atomic E-state index is 12.9. The Labute approximate surface area is 158 Å². The summed E-state index contributed by atoms with van der Waals surface area (Å²) >= 11 is 0. The maximum atomic E-state index is 12.9. The average molecular weight is 359 g/mol. The SMILES string of the molecule is CCOc1ccc2c(c1)C(O)=C(c1ccc3cc(C(C)C)ccc3n1)C2=O. The lowest BCUT2D eigenvalue weighted by Gasteiger charge is -2.08. The second-order valence-corrected chi connectivity index (χ2v) is 7.00. The number of benzene rings is 2. The summed E-state index contributed by atoms with van der Waals surface area (Å²) < 4.78 is 5.48. The second-order valence-electron chi connectivity index (χ2n) is 7.00. The standard InChI is InChI=1S/C23H21NO3/c1-4-27-16-7-8-17-18(12-16)23(26)21(22(17)25)20-10-6-15-11-14(13(2)3)5-9-19(15)24-20/h5-13,26H,4H2,1-3H3. The molecule has 0 spiro atoms. The number of fused-ring (bicyclic) bond motifs is 2. The molecule has 1 aliphatic rings. The number of carbonyl (C=O) groups excluding carboxylic acids is 1. The van der Waals surface area contributed by atoms with Crippen LogP contribution in [0.2, 0.25) is 0 Å². The smallest absolute Gasteiger partial charge is 0.199 e. The van der Waals surface area contributed by atoms with Gasteiger partial charge in [-0.2, -0.15) is 0 Å². The Morgan fingerprint density at radius 1 is 1.04 bits per heavy atom. The van der Waals surface area contributed by atoms with Gasteiger partial charge in [0.15, 0.2) is 5.78 Å². The van der Waals surface area contributed by atoms with Gasteiger partial charge in [-0.3, -0.25) is 4.79 Å². The Bertz CT molecular complexity index is 1100. The molecule has 4 rings (SSSR count). The first kappa shape index (κ1) is 17.3. The molecule has 0 fully saturated rings. The van der Waals surface area contributed by atoms with Gasteiger partial charge in [-0.25, -0.2) is 4.98 Å². The Kier molecular flexibility index (Phi) is 4.19. The van der Waals surface area contributed by atoms with Crippen LogP contribution in [0.25, 0.3) is 22.2 Å². The van der Waals surface area contributed by atoms with Crippen LogP contribution < -0.4 is 4.74 Å². The third kappa shape index (κ3) is 2.87. The third-order valence-electron chi connectivity index (χ3n) is 4.90. The lowest BCUT2D eigenvalue weighted by Crippen LogP contribution is -2.01. The number of aliphatic hydroxyl groups excluding tert-OH is 1. The summed E-state index contributed by atoms with van der Waals surface area (Å²) in [5.41, 5.74) is 3.74. The highest BCUT2D eigenvalue weighted by atomic mass is 16.5. The van der Waals surface area contributed by atoms with Crippen molar-refractivity contribution in [3.8, 4) is 5.75 Å². The van der Waals surface area contributed by atoms with E-state index in [4.69, 9.17) is 4.74 Å². The molecule has 0 atom stereocenters. The monoisotopic (exact) mass is 359 g/mol. The largest absolute Gasteiger partial charge is 0.506 e. The second kappa shape index (κ2) is 6.54. The molecule has 0 amide bonds. The molecule has 4 nitrogen and oxygen atoms in total. The normalized spacial score (nSPS) is 13.6. The predicted octanol–water partition coefficient (Wildman–Crippen LogP) is 5.38. The molecule has 1 N–H and O–H groups in total. The number of allylic oxidation sites excluding steroid dienone is 1. The van der Waals surface area contributed by atoms with Crippen molar-refractivity contribution in [3.63, 3.8) is 0 Å². The Morgan fingerprint density at radius 3 is 2.59 bits per heavy atom. The highest BCUT2D eigenvalue weighted by Gasteiger charge is 2.32. The molecule has 0 saturated carbocycles. The van der Waals surface area contributed by atoms with Gasteiger partial charge in [0.05, 0.1) is 23.4 Å². The van der Waals surface area contributed by atoms with Crippen molar-refractivity contribution in [2.75, 3.05) is 6.61 Å².